The molecule has 0 aliphatic carbocycles. The molecule has 0 unspecified atom stereocenters. The molecule has 0 spiro atoms. The molecule has 1 rings (SSSR count). The average molecular weight is 234 g/mol. The van der Waals surface area contributed by atoms with E-state index in [1.165, 1.54) is 18.4 Å². The van der Waals surface area contributed by atoms with Crippen LogP contribution in [0.2, 0.25) is 0 Å². The van der Waals surface area contributed by atoms with Crippen LogP contribution >= 0.6 is 0 Å². The van der Waals surface area contributed by atoms with Gasteiger partial charge in [-0.2, -0.15) is 13.2 Å². The number of halogens is 3. The summed E-state index contributed by atoms with van der Waals surface area (Å²) >= 11 is 0. The second kappa shape index (κ2) is 3.84. The molecular formula is C10H13F3N2O. The number of carbonyl (C=O) groups is 1. The summed E-state index contributed by atoms with van der Waals surface area (Å²) in [6.45, 7) is 2.18. The summed E-state index contributed by atoms with van der Waals surface area (Å²) in [5, 5.41) is 0. The molecule has 1 aliphatic heterocycles. The van der Waals surface area contributed by atoms with Crippen LogP contribution in [-0.2, 0) is 4.79 Å². The first kappa shape index (κ1) is 12.6. The van der Waals surface area contributed by atoms with Gasteiger partial charge >= 0.3 is 6.18 Å². The van der Waals surface area contributed by atoms with Crippen LogP contribution in [0.15, 0.2) is 23.9 Å². The number of amides is 1. The average Bonchev–Trinajstić information content (AvgIpc) is 2.16. The molecule has 90 valence electrons. The zero-order valence-electron chi connectivity index (χ0n) is 9.01. The maximum Gasteiger partial charge on any atom is 0.411 e. The molecule has 1 amide bonds. The summed E-state index contributed by atoms with van der Waals surface area (Å²) in [6.07, 6.45) is -0.419. The van der Waals surface area contributed by atoms with Gasteiger partial charge in [0.1, 0.15) is 5.54 Å². The van der Waals surface area contributed by atoms with E-state index in [9.17, 15) is 18.0 Å². The molecule has 2 N–H and O–H groups in total. The van der Waals surface area contributed by atoms with Crippen LogP contribution in [-0.4, -0.2) is 29.1 Å². The van der Waals surface area contributed by atoms with Crippen molar-refractivity contribution in [2.75, 3.05) is 6.54 Å². The van der Waals surface area contributed by atoms with Gasteiger partial charge in [-0.3, -0.25) is 4.79 Å². The van der Waals surface area contributed by atoms with Crippen molar-refractivity contribution in [3.8, 4) is 0 Å². The van der Waals surface area contributed by atoms with E-state index >= 15 is 0 Å². The number of rotatable bonds is 2. The van der Waals surface area contributed by atoms with Gasteiger partial charge in [0.05, 0.1) is 0 Å². The van der Waals surface area contributed by atoms with Crippen molar-refractivity contribution in [3.05, 3.63) is 23.9 Å². The predicted octanol–water partition coefficient (Wildman–Crippen LogP) is 1.57. The summed E-state index contributed by atoms with van der Waals surface area (Å²) in [4.78, 5) is 11.9. The SMILES string of the molecule is CC(C)(N1C=CC(C(N)=O)=CC1)C(F)(F)F. The minimum atomic E-state index is -4.34. The number of alkyl halides is 3. The lowest BCUT2D eigenvalue weighted by Crippen LogP contribution is -2.52. The second-order valence-corrected chi connectivity index (χ2v) is 4.05. The number of hydrogen-bond donors (Lipinski definition) is 1. The van der Waals surface area contributed by atoms with Crippen molar-refractivity contribution in [2.45, 2.75) is 25.6 Å². The van der Waals surface area contributed by atoms with E-state index in [-0.39, 0.29) is 12.1 Å². The van der Waals surface area contributed by atoms with Crippen LogP contribution in [0.4, 0.5) is 13.2 Å². The number of nitrogens with two attached hydrogens (primary N) is 1. The first-order valence-corrected chi connectivity index (χ1v) is 4.68. The van der Waals surface area contributed by atoms with Gasteiger partial charge in [0.2, 0.25) is 5.91 Å². The molecule has 3 nitrogen and oxygen atoms in total. The Hall–Kier alpha value is -1.46. The van der Waals surface area contributed by atoms with E-state index in [1.54, 1.807) is 0 Å². The van der Waals surface area contributed by atoms with Crippen LogP contribution in [0.25, 0.3) is 0 Å². The van der Waals surface area contributed by atoms with Crippen molar-refractivity contribution >= 4 is 5.91 Å². The molecular weight excluding hydrogens is 221 g/mol. The van der Waals surface area contributed by atoms with Crippen LogP contribution in [0, 0.1) is 0 Å². The van der Waals surface area contributed by atoms with E-state index in [4.69, 9.17) is 5.73 Å². The van der Waals surface area contributed by atoms with E-state index in [0.717, 1.165) is 18.7 Å². The van der Waals surface area contributed by atoms with Crippen molar-refractivity contribution in [1.82, 2.24) is 4.90 Å². The Balaban J connectivity index is 2.84. The fourth-order valence-corrected chi connectivity index (χ4v) is 1.26. The van der Waals surface area contributed by atoms with Crippen LogP contribution in [0.3, 0.4) is 0 Å². The Morgan fingerprint density at radius 1 is 1.44 bits per heavy atom. The first-order valence-electron chi connectivity index (χ1n) is 4.68. The Bertz CT molecular complexity index is 356. The van der Waals surface area contributed by atoms with Crippen molar-refractivity contribution in [2.24, 2.45) is 5.73 Å². The van der Waals surface area contributed by atoms with Gasteiger partial charge in [-0.1, -0.05) is 6.08 Å². The van der Waals surface area contributed by atoms with Crippen molar-refractivity contribution < 1.29 is 18.0 Å². The van der Waals surface area contributed by atoms with Gasteiger partial charge < -0.3 is 10.6 Å². The number of primary amides is 1. The molecule has 6 heteroatoms. The lowest BCUT2D eigenvalue weighted by molar-refractivity contribution is -0.211. The largest absolute Gasteiger partial charge is 0.411 e. The quantitative estimate of drug-likeness (QED) is 0.788. The standard InChI is InChI=1S/C10H13F3N2O/c1-9(2,10(11,12)13)15-5-3-7(4-6-15)8(14)16/h3-5H,6H2,1-2H3,(H2,14,16). The highest BCUT2D eigenvalue weighted by Gasteiger charge is 2.50. The molecule has 0 atom stereocenters. The lowest BCUT2D eigenvalue weighted by Gasteiger charge is -2.39. The third-order valence-electron chi connectivity index (χ3n) is 2.64. The Labute approximate surface area is 91.4 Å². The van der Waals surface area contributed by atoms with Gasteiger partial charge in [0.15, 0.2) is 0 Å². The molecule has 0 fully saturated rings. The molecule has 0 saturated heterocycles. The summed E-state index contributed by atoms with van der Waals surface area (Å²) in [5.74, 6) is -0.638. The molecule has 0 aromatic rings. The van der Waals surface area contributed by atoms with Crippen LogP contribution < -0.4 is 5.73 Å². The Morgan fingerprint density at radius 2 is 2.00 bits per heavy atom. The third-order valence-corrected chi connectivity index (χ3v) is 2.64. The van der Waals surface area contributed by atoms with Gasteiger partial charge in [-0.05, 0) is 19.9 Å². The highest BCUT2D eigenvalue weighted by atomic mass is 19.4. The second-order valence-electron chi connectivity index (χ2n) is 4.05. The maximum atomic E-state index is 12.7. The fraction of sp³-hybridized carbons (Fsp3) is 0.500. The van der Waals surface area contributed by atoms with E-state index in [0.29, 0.717) is 0 Å². The normalized spacial score (nSPS) is 17.3. The summed E-state index contributed by atoms with van der Waals surface area (Å²) in [6, 6.07) is 0. The molecule has 0 bridgehead atoms. The van der Waals surface area contributed by atoms with Gasteiger partial charge in [-0.25, -0.2) is 0 Å². The van der Waals surface area contributed by atoms with Gasteiger partial charge in [0.25, 0.3) is 0 Å². The van der Waals surface area contributed by atoms with E-state index in [1.807, 2.05) is 0 Å². The Kier molecular flexibility index (Phi) is 3.03. The molecule has 16 heavy (non-hydrogen) atoms. The molecule has 0 aromatic carbocycles. The van der Waals surface area contributed by atoms with Gasteiger partial charge in [-0.15, -0.1) is 0 Å². The highest BCUT2D eigenvalue weighted by molar-refractivity contribution is 5.94. The number of nitrogens with zero attached hydrogens (tertiary/aromatic N) is 1. The predicted molar refractivity (Wildman–Crippen MR) is 53.3 cm³/mol. The smallest absolute Gasteiger partial charge is 0.366 e. The van der Waals surface area contributed by atoms with Crippen molar-refractivity contribution in [3.63, 3.8) is 0 Å². The minimum absolute atomic E-state index is 0.0152. The molecule has 0 radical (unpaired) electrons. The first-order chi connectivity index (χ1) is 7.16. The van der Waals surface area contributed by atoms with E-state index in [2.05, 4.69) is 0 Å². The summed E-state index contributed by atoms with van der Waals surface area (Å²) < 4.78 is 38.1. The van der Waals surface area contributed by atoms with Crippen LogP contribution in [0.1, 0.15) is 13.8 Å². The zero-order chi connectivity index (χ0) is 12.6. The monoisotopic (exact) mass is 234 g/mol. The van der Waals surface area contributed by atoms with Crippen molar-refractivity contribution in [1.29, 1.82) is 0 Å². The van der Waals surface area contributed by atoms with Crippen LogP contribution in [0.5, 0.6) is 0 Å². The number of hydrogen-bond acceptors (Lipinski definition) is 2. The molecule has 1 aliphatic rings. The lowest BCUT2D eigenvalue weighted by atomic mass is 10.0. The van der Waals surface area contributed by atoms with E-state index < -0.39 is 17.6 Å². The summed E-state index contributed by atoms with van der Waals surface area (Å²) in [7, 11) is 0. The molecule has 1 heterocycles. The molecule has 0 saturated carbocycles. The fourth-order valence-electron chi connectivity index (χ4n) is 1.26. The summed E-state index contributed by atoms with van der Waals surface area (Å²) in [5.41, 5.74) is 3.27. The number of carbonyl (C=O) groups excluding carboxylic acids is 1. The van der Waals surface area contributed by atoms with Gasteiger partial charge in [0, 0.05) is 18.3 Å². The molecule has 0 aromatic heterocycles. The Morgan fingerprint density at radius 3 is 2.31 bits per heavy atom. The third kappa shape index (κ3) is 2.20. The topological polar surface area (TPSA) is 46.3 Å². The maximum absolute atomic E-state index is 12.7. The highest BCUT2D eigenvalue weighted by Crippen LogP contribution is 2.35. The minimum Gasteiger partial charge on any atom is -0.366 e. The zero-order valence-corrected chi connectivity index (χ0v) is 9.01.